The van der Waals surface area contributed by atoms with Crippen LogP contribution in [-0.4, -0.2) is 27.9 Å². The van der Waals surface area contributed by atoms with E-state index in [1.165, 1.54) is 5.56 Å². The molecule has 0 bridgehead atoms. The highest BCUT2D eigenvalue weighted by atomic mass is 16.2. The highest BCUT2D eigenvalue weighted by Gasteiger charge is 2.13. The van der Waals surface area contributed by atoms with Gasteiger partial charge in [0.25, 0.3) is 0 Å². The Balaban J connectivity index is 2.41. The number of nitrogens with one attached hydrogen (secondary N) is 2. The van der Waals surface area contributed by atoms with E-state index in [0.29, 0.717) is 19.0 Å². The van der Waals surface area contributed by atoms with Crippen molar-refractivity contribution in [2.24, 2.45) is 0 Å². The summed E-state index contributed by atoms with van der Waals surface area (Å²) in [5, 5.41) is 10.1. The fraction of sp³-hybridized carbons (Fsp3) is 0.714. The average molecular weight is 266 g/mol. The molecule has 1 aromatic heterocycles. The zero-order valence-corrected chi connectivity index (χ0v) is 12.9. The molecule has 108 valence electrons. The minimum atomic E-state index is -0.211. The second-order valence-corrected chi connectivity index (χ2v) is 6.22. The maximum atomic E-state index is 11.6. The molecule has 2 amide bonds. The summed E-state index contributed by atoms with van der Waals surface area (Å²) in [6, 6.07) is -0.138. The van der Waals surface area contributed by atoms with Gasteiger partial charge in [0, 0.05) is 18.3 Å². The first kappa shape index (κ1) is 15.5. The van der Waals surface area contributed by atoms with E-state index < -0.39 is 0 Å². The van der Waals surface area contributed by atoms with Crippen LogP contribution < -0.4 is 10.6 Å². The van der Waals surface area contributed by atoms with Gasteiger partial charge in [-0.1, -0.05) is 13.8 Å². The number of carbonyl (C=O) groups excluding carboxylic acids is 1. The zero-order chi connectivity index (χ0) is 14.6. The van der Waals surface area contributed by atoms with Gasteiger partial charge < -0.3 is 10.6 Å². The molecule has 5 heteroatoms. The van der Waals surface area contributed by atoms with Gasteiger partial charge in [0.1, 0.15) is 0 Å². The van der Waals surface area contributed by atoms with Gasteiger partial charge >= 0.3 is 6.03 Å². The standard InChI is InChI=1S/C14H26N4O/c1-10(2)12-9-18(17-11(12)3)8-7-15-13(19)16-14(4,5)6/h9-10H,7-8H2,1-6H3,(H2,15,16,19). The van der Waals surface area contributed by atoms with E-state index in [-0.39, 0.29) is 11.6 Å². The third-order valence-corrected chi connectivity index (χ3v) is 2.72. The monoisotopic (exact) mass is 266 g/mol. The first-order valence-corrected chi connectivity index (χ1v) is 6.79. The topological polar surface area (TPSA) is 59.0 Å². The third-order valence-electron chi connectivity index (χ3n) is 2.72. The molecular formula is C14H26N4O. The lowest BCUT2D eigenvalue weighted by Crippen LogP contribution is -2.47. The number of carbonyl (C=O) groups is 1. The number of rotatable bonds is 4. The van der Waals surface area contributed by atoms with Crippen LogP contribution in [0.5, 0.6) is 0 Å². The Labute approximate surface area is 115 Å². The maximum Gasteiger partial charge on any atom is 0.315 e. The summed E-state index contributed by atoms with van der Waals surface area (Å²) in [4.78, 5) is 11.6. The van der Waals surface area contributed by atoms with Crippen molar-refractivity contribution in [1.29, 1.82) is 0 Å². The van der Waals surface area contributed by atoms with Crippen molar-refractivity contribution in [3.63, 3.8) is 0 Å². The van der Waals surface area contributed by atoms with Gasteiger partial charge in [-0.15, -0.1) is 0 Å². The molecule has 0 unspecified atom stereocenters. The Morgan fingerprint density at radius 3 is 2.53 bits per heavy atom. The lowest BCUT2D eigenvalue weighted by molar-refractivity contribution is 0.231. The molecule has 19 heavy (non-hydrogen) atoms. The fourth-order valence-corrected chi connectivity index (χ4v) is 1.88. The highest BCUT2D eigenvalue weighted by molar-refractivity contribution is 5.74. The zero-order valence-electron chi connectivity index (χ0n) is 12.9. The van der Waals surface area contributed by atoms with Crippen molar-refractivity contribution in [3.8, 4) is 0 Å². The summed E-state index contributed by atoms with van der Waals surface area (Å²) >= 11 is 0. The Morgan fingerprint density at radius 2 is 2.05 bits per heavy atom. The maximum absolute atomic E-state index is 11.6. The van der Waals surface area contributed by atoms with Crippen molar-refractivity contribution >= 4 is 6.03 Å². The number of aryl methyl sites for hydroxylation is 1. The second kappa shape index (κ2) is 6.08. The van der Waals surface area contributed by atoms with Crippen LogP contribution in [0.1, 0.15) is 51.8 Å². The van der Waals surface area contributed by atoms with Gasteiger partial charge in [-0.25, -0.2) is 4.79 Å². The van der Waals surface area contributed by atoms with Gasteiger partial charge in [0.05, 0.1) is 12.2 Å². The molecule has 0 saturated carbocycles. The molecule has 1 aromatic rings. The lowest BCUT2D eigenvalue weighted by atomic mass is 10.1. The van der Waals surface area contributed by atoms with E-state index >= 15 is 0 Å². The Kier molecular flexibility index (Phi) is 4.97. The number of amides is 2. The van der Waals surface area contributed by atoms with Crippen molar-refractivity contribution < 1.29 is 4.79 Å². The van der Waals surface area contributed by atoms with Crippen LogP contribution in [0.4, 0.5) is 4.79 Å². The predicted molar refractivity (Wildman–Crippen MR) is 77.3 cm³/mol. The quantitative estimate of drug-likeness (QED) is 0.879. The number of aromatic nitrogens is 2. The van der Waals surface area contributed by atoms with Gasteiger partial charge in [-0.3, -0.25) is 4.68 Å². The number of urea groups is 1. The van der Waals surface area contributed by atoms with E-state index in [9.17, 15) is 4.79 Å². The van der Waals surface area contributed by atoms with Crippen molar-refractivity contribution in [3.05, 3.63) is 17.5 Å². The van der Waals surface area contributed by atoms with Gasteiger partial charge in [-0.05, 0) is 39.2 Å². The minimum Gasteiger partial charge on any atom is -0.336 e. The summed E-state index contributed by atoms with van der Waals surface area (Å²) in [5.41, 5.74) is 2.12. The fourth-order valence-electron chi connectivity index (χ4n) is 1.88. The smallest absolute Gasteiger partial charge is 0.315 e. The van der Waals surface area contributed by atoms with Crippen LogP contribution in [0, 0.1) is 6.92 Å². The van der Waals surface area contributed by atoms with Crippen LogP contribution in [0.3, 0.4) is 0 Å². The molecule has 1 rings (SSSR count). The van der Waals surface area contributed by atoms with Crippen LogP contribution in [0.2, 0.25) is 0 Å². The van der Waals surface area contributed by atoms with Crippen molar-refractivity contribution in [2.75, 3.05) is 6.54 Å². The third kappa shape index (κ3) is 5.32. The van der Waals surface area contributed by atoms with Gasteiger partial charge in [0.15, 0.2) is 0 Å². The van der Waals surface area contributed by atoms with Crippen LogP contribution >= 0.6 is 0 Å². The molecule has 1 heterocycles. The molecule has 0 aliphatic heterocycles. The van der Waals surface area contributed by atoms with E-state index in [1.807, 2.05) is 32.4 Å². The summed E-state index contributed by atoms with van der Waals surface area (Å²) in [5.74, 6) is 0.478. The minimum absolute atomic E-state index is 0.138. The Morgan fingerprint density at radius 1 is 1.42 bits per heavy atom. The highest BCUT2D eigenvalue weighted by Crippen LogP contribution is 2.16. The van der Waals surface area contributed by atoms with Crippen LogP contribution in [-0.2, 0) is 6.54 Å². The van der Waals surface area contributed by atoms with Gasteiger partial charge in [0.2, 0.25) is 0 Å². The molecule has 0 radical (unpaired) electrons. The molecule has 2 N–H and O–H groups in total. The molecule has 0 aliphatic carbocycles. The molecule has 0 aliphatic rings. The molecule has 0 saturated heterocycles. The molecule has 5 nitrogen and oxygen atoms in total. The molecule has 0 aromatic carbocycles. The first-order chi connectivity index (χ1) is 8.69. The SMILES string of the molecule is Cc1nn(CCNC(=O)NC(C)(C)C)cc1C(C)C. The van der Waals surface area contributed by atoms with Gasteiger partial charge in [-0.2, -0.15) is 5.10 Å². The van der Waals surface area contributed by atoms with Crippen LogP contribution in [0.15, 0.2) is 6.20 Å². The van der Waals surface area contributed by atoms with Crippen LogP contribution in [0.25, 0.3) is 0 Å². The van der Waals surface area contributed by atoms with E-state index in [2.05, 4.69) is 35.8 Å². The predicted octanol–water partition coefficient (Wildman–Crippen LogP) is 2.41. The Bertz CT molecular complexity index is 429. The average Bonchev–Trinajstić information content (AvgIpc) is 2.57. The molecular weight excluding hydrogens is 240 g/mol. The Hall–Kier alpha value is -1.52. The number of hydrogen-bond donors (Lipinski definition) is 2. The normalized spacial score (nSPS) is 11.7. The number of nitrogens with zero attached hydrogens (tertiary/aromatic N) is 2. The summed E-state index contributed by atoms with van der Waals surface area (Å²) in [7, 11) is 0. The van der Waals surface area contributed by atoms with E-state index in [4.69, 9.17) is 0 Å². The largest absolute Gasteiger partial charge is 0.336 e. The first-order valence-electron chi connectivity index (χ1n) is 6.79. The van der Waals surface area contributed by atoms with E-state index in [0.717, 1.165) is 5.69 Å². The molecule has 0 atom stereocenters. The summed E-state index contributed by atoms with van der Waals surface area (Å²) in [6.07, 6.45) is 2.06. The summed E-state index contributed by atoms with van der Waals surface area (Å²) in [6.45, 7) is 13.5. The second-order valence-electron chi connectivity index (χ2n) is 6.22. The molecule has 0 fully saturated rings. The summed E-state index contributed by atoms with van der Waals surface area (Å²) < 4.78 is 1.89. The molecule has 0 spiro atoms. The van der Waals surface area contributed by atoms with Crippen molar-refractivity contribution in [2.45, 2.75) is 59.5 Å². The van der Waals surface area contributed by atoms with E-state index in [1.54, 1.807) is 0 Å². The lowest BCUT2D eigenvalue weighted by Gasteiger charge is -2.20. The van der Waals surface area contributed by atoms with Crippen molar-refractivity contribution in [1.82, 2.24) is 20.4 Å². The number of hydrogen-bond acceptors (Lipinski definition) is 2.